The lowest BCUT2D eigenvalue weighted by molar-refractivity contribution is 0.258. The monoisotopic (exact) mass is 346 g/mol. The molecular weight excluding hydrogens is 321 g/mol. The highest BCUT2D eigenvalue weighted by atomic mass is 19.1. The first kappa shape index (κ1) is 18.0. The Bertz CT molecular complexity index is 692. The molecule has 0 radical (unpaired) electrons. The fraction of sp³-hybridized carbons (Fsp3) is 0.455. The van der Waals surface area contributed by atoms with Crippen molar-refractivity contribution >= 4 is 0 Å². The average Bonchev–Trinajstić information content (AvgIpc) is 2.60. The van der Waals surface area contributed by atoms with E-state index in [1.807, 2.05) is 0 Å². The molecule has 25 heavy (non-hydrogen) atoms. The molecular formula is C22H25F3. The maximum Gasteiger partial charge on any atom is 0.134 e. The number of halogens is 3. The molecule has 0 spiro atoms. The molecule has 134 valence electrons. The lowest BCUT2D eigenvalue weighted by Crippen LogP contribution is -2.14. The second-order valence-electron chi connectivity index (χ2n) is 7.28. The standard InChI is InChI=1S/C22H25F3/c1-2-15-6-8-16(9-7-15)10-11-17-12-20(24)22(21(25)13-17)18-4-3-5-19(23)14-18/h3-5,12-16H,2,6-11H2,1H3. The van der Waals surface area contributed by atoms with E-state index in [4.69, 9.17) is 0 Å². The predicted molar refractivity (Wildman–Crippen MR) is 95.8 cm³/mol. The Hall–Kier alpha value is -1.77. The van der Waals surface area contributed by atoms with E-state index in [-0.39, 0.29) is 11.1 Å². The van der Waals surface area contributed by atoms with Crippen LogP contribution in [0.4, 0.5) is 13.2 Å². The molecule has 0 bridgehead atoms. The van der Waals surface area contributed by atoms with Crippen LogP contribution in [0.2, 0.25) is 0 Å². The summed E-state index contributed by atoms with van der Waals surface area (Å²) in [4.78, 5) is 0. The minimum atomic E-state index is -0.615. The zero-order valence-electron chi connectivity index (χ0n) is 14.7. The van der Waals surface area contributed by atoms with Gasteiger partial charge >= 0.3 is 0 Å². The molecule has 1 saturated carbocycles. The van der Waals surface area contributed by atoms with Crippen molar-refractivity contribution in [1.29, 1.82) is 0 Å². The van der Waals surface area contributed by atoms with Gasteiger partial charge in [0.2, 0.25) is 0 Å². The quantitative estimate of drug-likeness (QED) is 0.551. The average molecular weight is 346 g/mol. The maximum atomic E-state index is 14.4. The summed E-state index contributed by atoms with van der Waals surface area (Å²) in [5.74, 6) is -0.206. The minimum Gasteiger partial charge on any atom is -0.207 e. The molecule has 0 heterocycles. The molecule has 0 atom stereocenters. The first-order valence-corrected chi connectivity index (χ1v) is 9.30. The minimum absolute atomic E-state index is 0.147. The number of hydrogen-bond acceptors (Lipinski definition) is 0. The first-order valence-electron chi connectivity index (χ1n) is 9.30. The second-order valence-corrected chi connectivity index (χ2v) is 7.28. The van der Waals surface area contributed by atoms with Gasteiger partial charge < -0.3 is 0 Å². The molecule has 1 aliphatic carbocycles. The van der Waals surface area contributed by atoms with Gasteiger partial charge in [-0.1, -0.05) is 51.2 Å². The van der Waals surface area contributed by atoms with Crippen LogP contribution in [0.3, 0.4) is 0 Å². The van der Waals surface area contributed by atoms with Gasteiger partial charge in [-0.15, -0.1) is 0 Å². The zero-order valence-corrected chi connectivity index (χ0v) is 14.7. The van der Waals surface area contributed by atoms with Crippen LogP contribution >= 0.6 is 0 Å². The van der Waals surface area contributed by atoms with E-state index >= 15 is 0 Å². The molecule has 0 saturated heterocycles. The third kappa shape index (κ3) is 4.45. The van der Waals surface area contributed by atoms with Crippen LogP contribution in [0.25, 0.3) is 11.1 Å². The first-order chi connectivity index (χ1) is 12.1. The number of hydrogen-bond donors (Lipinski definition) is 0. The Morgan fingerprint density at radius 1 is 0.880 bits per heavy atom. The Morgan fingerprint density at radius 2 is 1.52 bits per heavy atom. The van der Waals surface area contributed by atoms with Gasteiger partial charge in [-0.05, 0) is 60.1 Å². The van der Waals surface area contributed by atoms with E-state index in [0.29, 0.717) is 17.9 Å². The SMILES string of the molecule is CCC1CCC(CCc2cc(F)c(-c3cccc(F)c3)c(F)c2)CC1. The fourth-order valence-corrected chi connectivity index (χ4v) is 3.99. The van der Waals surface area contributed by atoms with Crippen LogP contribution in [0.15, 0.2) is 36.4 Å². The van der Waals surface area contributed by atoms with Crippen molar-refractivity contribution in [3.8, 4) is 11.1 Å². The van der Waals surface area contributed by atoms with E-state index in [1.54, 1.807) is 0 Å². The van der Waals surface area contributed by atoms with Crippen LogP contribution in [0.5, 0.6) is 0 Å². The number of aryl methyl sites for hydroxylation is 1. The molecule has 2 aromatic rings. The van der Waals surface area contributed by atoms with E-state index in [0.717, 1.165) is 18.4 Å². The van der Waals surface area contributed by atoms with Crippen molar-refractivity contribution < 1.29 is 13.2 Å². The molecule has 1 fully saturated rings. The molecule has 2 aromatic carbocycles. The van der Waals surface area contributed by atoms with Crippen LogP contribution in [-0.4, -0.2) is 0 Å². The Morgan fingerprint density at radius 3 is 2.12 bits per heavy atom. The third-order valence-corrected chi connectivity index (χ3v) is 5.60. The molecule has 3 rings (SSSR count). The van der Waals surface area contributed by atoms with Crippen LogP contribution in [0.1, 0.15) is 51.0 Å². The molecule has 0 amide bonds. The van der Waals surface area contributed by atoms with Crippen molar-refractivity contribution in [2.75, 3.05) is 0 Å². The Labute approximate surface area is 148 Å². The normalized spacial score (nSPS) is 20.6. The largest absolute Gasteiger partial charge is 0.207 e. The topological polar surface area (TPSA) is 0 Å². The highest BCUT2D eigenvalue weighted by Crippen LogP contribution is 2.34. The van der Waals surface area contributed by atoms with Gasteiger partial charge in [0, 0.05) is 0 Å². The second kappa shape index (κ2) is 8.07. The van der Waals surface area contributed by atoms with Gasteiger partial charge in [-0.2, -0.15) is 0 Å². The van der Waals surface area contributed by atoms with Crippen molar-refractivity contribution in [2.45, 2.75) is 51.9 Å². The highest BCUT2D eigenvalue weighted by Gasteiger charge is 2.20. The molecule has 0 aromatic heterocycles. The van der Waals surface area contributed by atoms with Crippen molar-refractivity contribution in [3.63, 3.8) is 0 Å². The predicted octanol–water partition coefficient (Wildman–Crippen LogP) is 6.92. The number of benzene rings is 2. The summed E-state index contributed by atoms with van der Waals surface area (Å²) < 4.78 is 42.2. The van der Waals surface area contributed by atoms with Crippen LogP contribution in [0, 0.1) is 29.3 Å². The summed E-state index contributed by atoms with van der Waals surface area (Å²) in [6.07, 6.45) is 7.94. The van der Waals surface area contributed by atoms with Crippen molar-refractivity contribution in [3.05, 3.63) is 59.4 Å². The smallest absolute Gasteiger partial charge is 0.134 e. The van der Waals surface area contributed by atoms with Crippen LogP contribution in [-0.2, 0) is 6.42 Å². The zero-order chi connectivity index (χ0) is 17.8. The fourth-order valence-electron chi connectivity index (χ4n) is 3.99. The van der Waals surface area contributed by atoms with E-state index < -0.39 is 17.5 Å². The van der Waals surface area contributed by atoms with Gasteiger partial charge in [0.15, 0.2) is 0 Å². The van der Waals surface area contributed by atoms with Gasteiger partial charge in [-0.25, -0.2) is 13.2 Å². The van der Waals surface area contributed by atoms with Crippen molar-refractivity contribution in [1.82, 2.24) is 0 Å². The number of rotatable bonds is 5. The third-order valence-electron chi connectivity index (χ3n) is 5.60. The Kier molecular flexibility index (Phi) is 5.82. The van der Waals surface area contributed by atoms with E-state index in [1.165, 1.54) is 62.4 Å². The molecule has 0 N–H and O–H groups in total. The molecule has 0 nitrogen and oxygen atoms in total. The van der Waals surface area contributed by atoms with Crippen molar-refractivity contribution in [2.24, 2.45) is 11.8 Å². The van der Waals surface area contributed by atoms with Gasteiger partial charge in [0.25, 0.3) is 0 Å². The van der Waals surface area contributed by atoms with Gasteiger partial charge in [0.05, 0.1) is 5.56 Å². The van der Waals surface area contributed by atoms with E-state index in [2.05, 4.69) is 6.92 Å². The lowest BCUT2D eigenvalue weighted by Gasteiger charge is -2.27. The molecule has 3 heteroatoms. The summed E-state index contributed by atoms with van der Waals surface area (Å²) in [7, 11) is 0. The summed E-state index contributed by atoms with van der Waals surface area (Å²) in [5.41, 5.74) is 0.777. The summed E-state index contributed by atoms with van der Waals surface area (Å²) >= 11 is 0. The highest BCUT2D eigenvalue weighted by molar-refractivity contribution is 5.65. The summed E-state index contributed by atoms with van der Waals surface area (Å²) in [5, 5.41) is 0. The van der Waals surface area contributed by atoms with Gasteiger partial charge in [0.1, 0.15) is 17.5 Å². The van der Waals surface area contributed by atoms with Crippen LogP contribution < -0.4 is 0 Å². The molecule has 0 unspecified atom stereocenters. The Balaban J connectivity index is 1.68. The summed E-state index contributed by atoms with van der Waals surface area (Å²) in [6, 6.07) is 8.22. The molecule has 0 aliphatic heterocycles. The van der Waals surface area contributed by atoms with Gasteiger partial charge in [-0.3, -0.25) is 0 Å². The lowest BCUT2D eigenvalue weighted by atomic mass is 9.78. The molecule has 1 aliphatic rings. The maximum absolute atomic E-state index is 14.4. The summed E-state index contributed by atoms with van der Waals surface area (Å²) in [6.45, 7) is 2.25. The van der Waals surface area contributed by atoms with E-state index in [9.17, 15) is 13.2 Å².